The first-order valence-corrected chi connectivity index (χ1v) is 16.6. The molecule has 10 rings (SSSR count). The molecule has 0 saturated carbocycles. The smallest absolute Gasteiger partial charge is 0.170 e. The molecule has 7 aromatic carbocycles. The molecular formula is C45H31N3. The number of hydrogen-bond donors (Lipinski definition) is 0. The van der Waals surface area contributed by atoms with Crippen molar-refractivity contribution in [3.05, 3.63) is 215 Å². The second-order valence-corrected chi connectivity index (χ2v) is 12.7. The predicted molar refractivity (Wildman–Crippen MR) is 197 cm³/mol. The van der Waals surface area contributed by atoms with Gasteiger partial charge in [-0.3, -0.25) is 0 Å². The van der Waals surface area contributed by atoms with E-state index in [1.165, 1.54) is 60.8 Å². The summed E-state index contributed by atoms with van der Waals surface area (Å²) >= 11 is 0. The van der Waals surface area contributed by atoms with Gasteiger partial charge in [-0.05, 0) is 57.1 Å². The van der Waals surface area contributed by atoms with Crippen molar-refractivity contribution in [3.8, 4) is 11.1 Å². The quantitative estimate of drug-likeness (QED) is 0.189. The lowest BCUT2D eigenvalue weighted by Gasteiger charge is -2.42. The average molecular weight is 614 g/mol. The molecule has 1 aromatic heterocycles. The highest BCUT2D eigenvalue weighted by Crippen LogP contribution is 2.57. The van der Waals surface area contributed by atoms with Gasteiger partial charge in [0.1, 0.15) is 0 Å². The van der Waals surface area contributed by atoms with Gasteiger partial charge >= 0.3 is 0 Å². The molecule has 3 heteroatoms. The molecule has 48 heavy (non-hydrogen) atoms. The fourth-order valence-corrected chi connectivity index (χ4v) is 8.24. The van der Waals surface area contributed by atoms with E-state index in [4.69, 9.17) is 4.99 Å². The summed E-state index contributed by atoms with van der Waals surface area (Å²) in [6, 6.07) is 66.0. The zero-order chi connectivity index (χ0) is 31.7. The molecule has 2 aliphatic rings. The zero-order valence-corrected chi connectivity index (χ0v) is 26.2. The van der Waals surface area contributed by atoms with E-state index < -0.39 is 5.41 Å². The lowest BCUT2D eigenvalue weighted by Crippen LogP contribution is -2.50. The first-order chi connectivity index (χ1) is 23.8. The van der Waals surface area contributed by atoms with Crippen molar-refractivity contribution in [2.75, 3.05) is 5.01 Å². The van der Waals surface area contributed by atoms with Gasteiger partial charge in [-0.1, -0.05) is 164 Å². The lowest BCUT2D eigenvalue weighted by atomic mass is 9.67. The van der Waals surface area contributed by atoms with Crippen LogP contribution in [0.5, 0.6) is 0 Å². The van der Waals surface area contributed by atoms with Crippen molar-refractivity contribution >= 4 is 27.6 Å². The summed E-state index contributed by atoms with van der Waals surface area (Å²) in [5.74, 6) is 0.966. The summed E-state index contributed by atoms with van der Waals surface area (Å²) in [5, 5.41) is 4.87. The highest BCUT2D eigenvalue weighted by molar-refractivity contribution is 6.16. The van der Waals surface area contributed by atoms with E-state index in [0.717, 1.165) is 11.4 Å². The van der Waals surface area contributed by atoms with Crippen LogP contribution < -0.4 is 5.01 Å². The van der Waals surface area contributed by atoms with Crippen LogP contribution in [0.3, 0.4) is 0 Å². The van der Waals surface area contributed by atoms with Gasteiger partial charge < -0.3 is 0 Å². The van der Waals surface area contributed by atoms with Crippen LogP contribution in [0, 0.1) is 0 Å². The Balaban J connectivity index is 1.32. The molecule has 1 unspecified atom stereocenters. The van der Waals surface area contributed by atoms with E-state index in [9.17, 15) is 0 Å². The van der Waals surface area contributed by atoms with E-state index in [2.05, 4.69) is 192 Å². The molecule has 0 amide bonds. The van der Waals surface area contributed by atoms with Gasteiger partial charge in [-0.2, -0.15) is 0 Å². The van der Waals surface area contributed by atoms with Crippen molar-refractivity contribution in [2.24, 2.45) is 4.99 Å². The van der Waals surface area contributed by atoms with E-state index in [1.54, 1.807) is 0 Å². The Labute approximate surface area is 279 Å². The van der Waals surface area contributed by atoms with Crippen LogP contribution >= 0.6 is 0 Å². The number of amidine groups is 1. The first-order valence-electron chi connectivity index (χ1n) is 16.6. The number of benzene rings is 7. The largest absolute Gasteiger partial charge is 0.249 e. The third kappa shape index (κ3) is 3.67. The normalized spacial score (nSPS) is 16.0. The molecule has 0 saturated heterocycles. The molecule has 1 aliphatic carbocycles. The summed E-state index contributed by atoms with van der Waals surface area (Å²) in [6.07, 6.45) is -0.154. The van der Waals surface area contributed by atoms with Crippen molar-refractivity contribution in [2.45, 2.75) is 11.6 Å². The Hall–Kier alpha value is -6.19. The van der Waals surface area contributed by atoms with Gasteiger partial charge in [0.25, 0.3) is 0 Å². The lowest BCUT2D eigenvalue weighted by molar-refractivity contribution is 0.566. The summed E-state index contributed by atoms with van der Waals surface area (Å²) < 4.78 is 2.43. The van der Waals surface area contributed by atoms with Crippen LogP contribution in [0.2, 0.25) is 0 Å². The maximum atomic E-state index is 5.26. The summed E-state index contributed by atoms with van der Waals surface area (Å²) in [7, 11) is 0. The Morgan fingerprint density at radius 1 is 0.458 bits per heavy atom. The standard InChI is InChI=1S/C45H31N3/c1-5-17-31(18-6-1)43-46-44(32-19-7-2-8-20-32)48(43)47-41-28-16-14-26-36(41)38-29-37-35-25-13-15-27-39(35)45(40(37)30-42(38)47,33-21-9-3-10-22-33)34-23-11-4-12-24-34/h1-30,43H. The molecule has 226 valence electrons. The summed E-state index contributed by atoms with van der Waals surface area (Å²) in [4.78, 5) is 5.26. The molecule has 3 nitrogen and oxygen atoms in total. The zero-order valence-electron chi connectivity index (χ0n) is 26.2. The molecule has 0 spiro atoms. The minimum absolute atomic E-state index is 0.154. The van der Waals surface area contributed by atoms with E-state index >= 15 is 0 Å². The number of aromatic nitrogens is 1. The molecule has 0 N–H and O–H groups in total. The van der Waals surface area contributed by atoms with Crippen LogP contribution in [0.25, 0.3) is 32.9 Å². The van der Waals surface area contributed by atoms with Gasteiger partial charge in [-0.25, -0.2) is 14.7 Å². The van der Waals surface area contributed by atoms with Gasteiger partial charge in [0, 0.05) is 16.3 Å². The maximum absolute atomic E-state index is 5.26. The first kappa shape index (κ1) is 27.0. The Morgan fingerprint density at radius 2 is 1.04 bits per heavy atom. The Morgan fingerprint density at radius 3 is 1.75 bits per heavy atom. The summed E-state index contributed by atoms with van der Waals surface area (Å²) in [6.45, 7) is 0. The third-order valence-corrected chi connectivity index (χ3v) is 10.3. The number of fused-ring (bicyclic) bond motifs is 6. The van der Waals surface area contributed by atoms with Gasteiger partial charge in [0.05, 0.1) is 16.4 Å². The van der Waals surface area contributed by atoms with Crippen LogP contribution in [-0.2, 0) is 5.41 Å². The van der Waals surface area contributed by atoms with Crippen molar-refractivity contribution in [1.29, 1.82) is 0 Å². The highest BCUT2D eigenvalue weighted by atomic mass is 15.7. The van der Waals surface area contributed by atoms with Crippen LogP contribution in [0.4, 0.5) is 0 Å². The third-order valence-electron chi connectivity index (χ3n) is 10.3. The second-order valence-electron chi connectivity index (χ2n) is 12.7. The molecule has 0 fully saturated rings. The van der Waals surface area contributed by atoms with E-state index in [0.29, 0.717) is 0 Å². The molecule has 2 heterocycles. The highest BCUT2D eigenvalue weighted by Gasteiger charge is 2.47. The molecular weight excluding hydrogens is 583 g/mol. The fourth-order valence-electron chi connectivity index (χ4n) is 8.24. The number of aliphatic imine (C=N–C) groups is 1. The van der Waals surface area contributed by atoms with Crippen LogP contribution in [0.15, 0.2) is 187 Å². The minimum Gasteiger partial charge on any atom is -0.249 e. The van der Waals surface area contributed by atoms with Crippen LogP contribution in [-0.4, -0.2) is 10.5 Å². The maximum Gasteiger partial charge on any atom is 0.170 e. The van der Waals surface area contributed by atoms with Crippen molar-refractivity contribution < 1.29 is 0 Å². The van der Waals surface area contributed by atoms with E-state index in [1.807, 2.05) is 0 Å². The van der Waals surface area contributed by atoms with Gasteiger partial charge in [0.2, 0.25) is 0 Å². The van der Waals surface area contributed by atoms with Gasteiger partial charge in [0.15, 0.2) is 12.0 Å². The topological polar surface area (TPSA) is 20.5 Å². The van der Waals surface area contributed by atoms with E-state index in [-0.39, 0.29) is 6.17 Å². The average Bonchev–Trinajstić information content (AvgIpc) is 3.62. The number of para-hydroxylation sites is 1. The number of hydrogen-bond acceptors (Lipinski definition) is 2. The molecule has 0 bridgehead atoms. The van der Waals surface area contributed by atoms with Gasteiger partial charge in [-0.15, -0.1) is 0 Å². The van der Waals surface area contributed by atoms with Crippen molar-refractivity contribution in [3.63, 3.8) is 0 Å². The second kappa shape index (κ2) is 10.4. The predicted octanol–water partition coefficient (Wildman–Crippen LogP) is 10.3. The molecule has 1 atom stereocenters. The molecule has 0 radical (unpaired) electrons. The number of nitrogens with zero attached hydrogens (tertiary/aromatic N) is 3. The van der Waals surface area contributed by atoms with Crippen molar-refractivity contribution in [1.82, 2.24) is 4.68 Å². The Bertz CT molecular complexity index is 2460. The fraction of sp³-hybridized carbons (Fsp3) is 0.0444. The minimum atomic E-state index is -0.478. The summed E-state index contributed by atoms with van der Waals surface area (Å²) in [5.41, 5.74) is 11.9. The Kier molecular flexibility index (Phi) is 5.85. The number of rotatable bonds is 5. The SMILES string of the molecule is c1ccc(C2=NC(c3ccccc3)N2n2c3ccccc3c3cc4c(cc32)C(c2ccccc2)(c2ccccc2)c2ccccc2-4)cc1. The van der Waals surface area contributed by atoms with Crippen LogP contribution in [0.1, 0.15) is 39.5 Å². The molecule has 1 aliphatic heterocycles. The monoisotopic (exact) mass is 613 g/mol. The molecule has 8 aromatic rings.